The molecule has 0 bridgehead atoms. The summed E-state index contributed by atoms with van der Waals surface area (Å²) in [4.78, 5) is 12.3. The zero-order valence-electron chi connectivity index (χ0n) is 16.9. The van der Waals surface area contributed by atoms with Crippen LogP contribution in [-0.4, -0.2) is 25.7 Å². The third kappa shape index (κ3) is 4.97. The topological polar surface area (TPSA) is 56.8 Å². The second kappa shape index (κ2) is 9.49. The molecule has 0 heterocycles. The van der Waals surface area contributed by atoms with Gasteiger partial charge in [0.15, 0.2) is 18.1 Å². The van der Waals surface area contributed by atoms with E-state index in [9.17, 15) is 4.79 Å². The first-order valence-electron chi connectivity index (χ1n) is 10.0. The Morgan fingerprint density at radius 1 is 0.964 bits per heavy atom. The molecule has 2 aromatic rings. The molecule has 5 heteroatoms. The van der Waals surface area contributed by atoms with Crippen LogP contribution >= 0.6 is 0 Å². The van der Waals surface area contributed by atoms with Gasteiger partial charge in [0, 0.05) is 0 Å². The van der Waals surface area contributed by atoms with Gasteiger partial charge in [-0.2, -0.15) is 0 Å². The fourth-order valence-corrected chi connectivity index (χ4v) is 3.49. The molecule has 0 aliphatic heterocycles. The average molecular weight is 383 g/mol. The van der Waals surface area contributed by atoms with Crippen LogP contribution in [0, 0.1) is 0 Å². The maximum atomic E-state index is 12.3. The zero-order chi connectivity index (χ0) is 19.9. The molecule has 1 amide bonds. The van der Waals surface area contributed by atoms with Crippen LogP contribution in [0.15, 0.2) is 36.4 Å². The Balaban J connectivity index is 1.57. The van der Waals surface area contributed by atoms with Crippen LogP contribution in [0.2, 0.25) is 0 Å². The molecule has 1 atom stereocenters. The van der Waals surface area contributed by atoms with Gasteiger partial charge in [0.05, 0.1) is 19.3 Å². The highest BCUT2D eigenvalue weighted by Gasteiger charge is 2.15. The van der Waals surface area contributed by atoms with Gasteiger partial charge in [-0.15, -0.1) is 0 Å². The van der Waals surface area contributed by atoms with Crippen LogP contribution in [0.1, 0.15) is 49.9 Å². The van der Waals surface area contributed by atoms with Crippen molar-refractivity contribution in [2.75, 3.05) is 19.8 Å². The molecule has 28 heavy (non-hydrogen) atoms. The molecule has 1 N–H and O–H groups in total. The minimum atomic E-state index is -0.161. The lowest BCUT2D eigenvalue weighted by Crippen LogP contribution is -2.31. The van der Waals surface area contributed by atoms with E-state index in [4.69, 9.17) is 14.2 Å². The maximum Gasteiger partial charge on any atom is 0.258 e. The van der Waals surface area contributed by atoms with Gasteiger partial charge in [-0.3, -0.25) is 4.79 Å². The van der Waals surface area contributed by atoms with Gasteiger partial charge in [-0.05, 0) is 81.0 Å². The largest absolute Gasteiger partial charge is 0.490 e. The Labute approximate surface area is 167 Å². The normalized spacial score (nSPS) is 13.5. The fraction of sp³-hybridized carbons (Fsp3) is 0.435. The highest BCUT2D eigenvalue weighted by atomic mass is 16.5. The molecule has 0 spiro atoms. The molecule has 2 aromatic carbocycles. The van der Waals surface area contributed by atoms with Gasteiger partial charge in [-0.1, -0.05) is 12.1 Å². The standard InChI is InChI=1S/C23H29NO4/c1-4-26-21-12-10-18(14-22(21)27-5-2)16(3)24-23(25)15-28-20-11-9-17-7-6-8-19(17)13-20/h9-14,16H,4-8,15H2,1-3H3,(H,24,25). The molecule has 0 aromatic heterocycles. The lowest BCUT2D eigenvalue weighted by molar-refractivity contribution is -0.123. The summed E-state index contributed by atoms with van der Waals surface area (Å²) >= 11 is 0. The van der Waals surface area contributed by atoms with Crippen molar-refractivity contribution < 1.29 is 19.0 Å². The van der Waals surface area contributed by atoms with Gasteiger partial charge >= 0.3 is 0 Å². The maximum absolute atomic E-state index is 12.3. The second-order valence-corrected chi connectivity index (χ2v) is 6.93. The molecule has 1 aliphatic carbocycles. The number of amides is 1. The van der Waals surface area contributed by atoms with E-state index < -0.39 is 0 Å². The van der Waals surface area contributed by atoms with E-state index in [1.807, 2.05) is 45.0 Å². The first-order valence-corrected chi connectivity index (χ1v) is 10.0. The van der Waals surface area contributed by atoms with Crippen LogP contribution < -0.4 is 19.5 Å². The molecule has 150 valence electrons. The number of carbonyl (C=O) groups is 1. The van der Waals surface area contributed by atoms with E-state index >= 15 is 0 Å². The number of fused-ring (bicyclic) bond motifs is 1. The number of benzene rings is 2. The van der Waals surface area contributed by atoms with Crippen molar-refractivity contribution in [3.05, 3.63) is 53.1 Å². The molecule has 5 nitrogen and oxygen atoms in total. The molecule has 0 saturated heterocycles. The van der Waals surface area contributed by atoms with Gasteiger partial charge in [0.25, 0.3) is 5.91 Å². The van der Waals surface area contributed by atoms with Crippen molar-refractivity contribution in [1.29, 1.82) is 0 Å². The van der Waals surface area contributed by atoms with Crippen molar-refractivity contribution in [1.82, 2.24) is 5.32 Å². The number of hydrogen-bond donors (Lipinski definition) is 1. The summed E-state index contributed by atoms with van der Waals surface area (Å²) in [6.45, 7) is 6.94. The van der Waals surface area contributed by atoms with E-state index in [1.165, 1.54) is 17.5 Å². The zero-order valence-corrected chi connectivity index (χ0v) is 16.9. The number of nitrogens with one attached hydrogen (secondary N) is 1. The van der Waals surface area contributed by atoms with Crippen molar-refractivity contribution in [2.24, 2.45) is 0 Å². The summed E-state index contributed by atoms with van der Waals surface area (Å²) in [6.07, 6.45) is 3.43. The second-order valence-electron chi connectivity index (χ2n) is 6.93. The SMILES string of the molecule is CCOc1ccc(C(C)NC(=O)COc2ccc3c(c2)CCC3)cc1OCC. The molecule has 3 rings (SSSR count). The van der Waals surface area contributed by atoms with Crippen LogP contribution in [0.25, 0.3) is 0 Å². The van der Waals surface area contributed by atoms with Crippen LogP contribution in [0.3, 0.4) is 0 Å². The highest BCUT2D eigenvalue weighted by Crippen LogP contribution is 2.31. The van der Waals surface area contributed by atoms with Crippen molar-refractivity contribution >= 4 is 5.91 Å². The molecular formula is C23H29NO4. The van der Waals surface area contributed by atoms with Gasteiger partial charge in [0.2, 0.25) is 0 Å². The molecule has 0 fully saturated rings. The quantitative estimate of drug-likeness (QED) is 0.704. The fourth-order valence-electron chi connectivity index (χ4n) is 3.49. The predicted octanol–water partition coefficient (Wildman–Crippen LogP) is 4.23. The lowest BCUT2D eigenvalue weighted by atomic mass is 10.1. The number of ether oxygens (including phenoxy) is 3. The molecular weight excluding hydrogens is 354 g/mol. The molecule has 1 aliphatic rings. The minimum absolute atomic E-state index is 0.00151. The van der Waals surface area contributed by atoms with E-state index in [2.05, 4.69) is 17.4 Å². The van der Waals surface area contributed by atoms with Gasteiger partial charge in [-0.25, -0.2) is 0 Å². The minimum Gasteiger partial charge on any atom is -0.490 e. The van der Waals surface area contributed by atoms with Crippen molar-refractivity contribution in [2.45, 2.75) is 46.1 Å². The van der Waals surface area contributed by atoms with E-state index in [0.717, 1.165) is 24.2 Å². The van der Waals surface area contributed by atoms with E-state index in [0.29, 0.717) is 24.7 Å². The van der Waals surface area contributed by atoms with Crippen molar-refractivity contribution in [3.8, 4) is 17.2 Å². The monoisotopic (exact) mass is 383 g/mol. The summed E-state index contributed by atoms with van der Waals surface area (Å²) in [5, 5.41) is 2.98. The van der Waals surface area contributed by atoms with Crippen LogP contribution in [0.5, 0.6) is 17.2 Å². The third-order valence-electron chi connectivity index (χ3n) is 4.88. The Bertz CT molecular complexity index is 818. The number of hydrogen-bond acceptors (Lipinski definition) is 4. The Kier molecular flexibility index (Phi) is 6.80. The molecule has 1 unspecified atom stereocenters. The molecule has 0 radical (unpaired) electrons. The predicted molar refractivity (Wildman–Crippen MR) is 109 cm³/mol. The van der Waals surface area contributed by atoms with Crippen LogP contribution in [0.4, 0.5) is 0 Å². The van der Waals surface area contributed by atoms with Crippen LogP contribution in [-0.2, 0) is 17.6 Å². The smallest absolute Gasteiger partial charge is 0.258 e. The highest BCUT2D eigenvalue weighted by molar-refractivity contribution is 5.78. The Hall–Kier alpha value is -2.69. The molecule has 0 saturated carbocycles. The Morgan fingerprint density at radius 3 is 2.50 bits per heavy atom. The van der Waals surface area contributed by atoms with Gasteiger partial charge in [0.1, 0.15) is 5.75 Å². The number of aryl methyl sites for hydroxylation is 2. The van der Waals surface area contributed by atoms with Gasteiger partial charge < -0.3 is 19.5 Å². The summed E-state index contributed by atoms with van der Waals surface area (Å²) in [7, 11) is 0. The third-order valence-corrected chi connectivity index (χ3v) is 4.88. The average Bonchev–Trinajstić information content (AvgIpc) is 3.16. The van der Waals surface area contributed by atoms with E-state index in [1.54, 1.807) is 0 Å². The Morgan fingerprint density at radius 2 is 1.71 bits per heavy atom. The summed E-state index contributed by atoms with van der Waals surface area (Å²) < 4.78 is 16.9. The van der Waals surface area contributed by atoms with E-state index in [-0.39, 0.29) is 18.6 Å². The first kappa shape index (κ1) is 20.1. The lowest BCUT2D eigenvalue weighted by Gasteiger charge is -2.18. The summed E-state index contributed by atoms with van der Waals surface area (Å²) in [6, 6.07) is 11.7. The van der Waals surface area contributed by atoms with Crippen molar-refractivity contribution in [3.63, 3.8) is 0 Å². The summed E-state index contributed by atoms with van der Waals surface area (Å²) in [5.41, 5.74) is 3.69. The summed E-state index contributed by atoms with van der Waals surface area (Å²) in [5.74, 6) is 2.01. The number of carbonyl (C=O) groups excluding carboxylic acids is 1. The number of rotatable bonds is 9. The first-order chi connectivity index (χ1) is 13.6.